The van der Waals surface area contributed by atoms with Gasteiger partial charge in [0.1, 0.15) is 0 Å². The van der Waals surface area contributed by atoms with Crippen LogP contribution in [0.15, 0.2) is 0 Å². The van der Waals surface area contributed by atoms with Crippen LogP contribution in [0, 0.1) is 29.1 Å². The monoisotopic (exact) mass is 252 g/mol. The normalized spacial score (nSPS) is 39.4. The molecule has 4 fully saturated rings. The lowest BCUT2D eigenvalue weighted by molar-refractivity contribution is -0.197. The van der Waals surface area contributed by atoms with Gasteiger partial charge in [0, 0.05) is 0 Å². The van der Waals surface area contributed by atoms with E-state index in [0.717, 1.165) is 25.7 Å². The van der Waals surface area contributed by atoms with Gasteiger partial charge < -0.3 is 9.47 Å². The number of rotatable bonds is 2. The van der Waals surface area contributed by atoms with Crippen LogP contribution in [0.2, 0.25) is 0 Å². The molecule has 0 aromatic rings. The third kappa shape index (κ3) is 1.32. The van der Waals surface area contributed by atoms with E-state index in [2.05, 4.69) is 0 Å². The standard InChI is InChI=1S/C14H20O4/c1-17-12(15)14(13(16)18-2)10-4-8-3-9(6-10)7-11(14)5-8/h8-11H,3-7H2,1-2H3. The van der Waals surface area contributed by atoms with Gasteiger partial charge in [-0.15, -0.1) is 0 Å². The Morgan fingerprint density at radius 2 is 1.22 bits per heavy atom. The number of hydrogen-bond donors (Lipinski definition) is 0. The number of carbonyl (C=O) groups is 2. The van der Waals surface area contributed by atoms with Crippen LogP contribution in [0.3, 0.4) is 0 Å². The van der Waals surface area contributed by atoms with Crippen LogP contribution in [0.1, 0.15) is 32.1 Å². The molecule has 100 valence electrons. The van der Waals surface area contributed by atoms with Crippen LogP contribution in [-0.2, 0) is 19.1 Å². The minimum Gasteiger partial charge on any atom is -0.468 e. The van der Waals surface area contributed by atoms with Crippen LogP contribution in [0.5, 0.6) is 0 Å². The largest absolute Gasteiger partial charge is 0.468 e. The molecule has 0 radical (unpaired) electrons. The molecule has 0 heterocycles. The van der Waals surface area contributed by atoms with Gasteiger partial charge in [0.25, 0.3) is 0 Å². The Morgan fingerprint density at radius 1 is 0.833 bits per heavy atom. The third-order valence-corrected chi connectivity index (χ3v) is 5.47. The summed E-state index contributed by atoms with van der Waals surface area (Å²) < 4.78 is 9.93. The van der Waals surface area contributed by atoms with Gasteiger partial charge in [-0.2, -0.15) is 0 Å². The van der Waals surface area contributed by atoms with Crippen LogP contribution < -0.4 is 0 Å². The van der Waals surface area contributed by atoms with Gasteiger partial charge in [-0.05, 0) is 55.8 Å². The molecule has 0 N–H and O–H groups in total. The second-order valence-electron chi connectivity index (χ2n) is 6.16. The van der Waals surface area contributed by atoms with E-state index < -0.39 is 5.41 Å². The Kier molecular flexibility index (Phi) is 2.65. The van der Waals surface area contributed by atoms with Crippen molar-refractivity contribution in [2.45, 2.75) is 32.1 Å². The van der Waals surface area contributed by atoms with Crippen LogP contribution in [-0.4, -0.2) is 26.2 Å². The maximum atomic E-state index is 12.3. The number of esters is 2. The van der Waals surface area contributed by atoms with Crippen molar-refractivity contribution in [3.63, 3.8) is 0 Å². The number of ether oxygens (including phenoxy) is 2. The molecule has 0 saturated heterocycles. The van der Waals surface area contributed by atoms with E-state index in [1.54, 1.807) is 0 Å². The molecule has 4 aliphatic rings. The summed E-state index contributed by atoms with van der Waals surface area (Å²) in [7, 11) is 2.75. The predicted octanol–water partition coefficient (Wildman–Crippen LogP) is 1.77. The molecule has 4 nitrogen and oxygen atoms in total. The lowest BCUT2D eigenvalue weighted by Gasteiger charge is -2.57. The molecule has 4 bridgehead atoms. The van der Waals surface area contributed by atoms with E-state index in [1.807, 2.05) is 0 Å². The molecule has 0 aliphatic heterocycles. The smallest absolute Gasteiger partial charge is 0.323 e. The highest BCUT2D eigenvalue weighted by Crippen LogP contribution is 2.63. The average Bonchev–Trinajstić information content (AvgIpc) is 2.37. The minimum atomic E-state index is -1.00. The van der Waals surface area contributed by atoms with Gasteiger partial charge in [0.2, 0.25) is 0 Å². The second kappa shape index (κ2) is 3.97. The zero-order valence-electron chi connectivity index (χ0n) is 11.0. The summed E-state index contributed by atoms with van der Waals surface area (Å²) >= 11 is 0. The number of carbonyl (C=O) groups excluding carboxylic acids is 2. The maximum absolute atomic E-state index is 12.3. The van der Waals surface area contributed by atoms with Crippen LogP contribution in [0.4, 0.5) is 0 Å². The van der Waals surface area contributed by atoms with Crippen molar-refractivity contribution in [1.82, 2.24) is 0 Å². The van der Waals surface area contributed by atoms with Crippen molar-refractivity contribution in [3.8, 4) is 0 Å². The quantitative estimate of drug-likeness (QED) is 0.555. The third-order valence-electron chi connectivity index (χ3n) is 5.47. The molecule has 0 unspecified atom stereocenters. The zero-order valence-corrected chi connectivity index (χ0v) is 11.0. The first-order valence-electron chi connectivity index (χ1n) is 6.79. The summed E-state index contributed by atoms with van der Waals surface area (Å²) in [5, 5.41) is 0. The van der Waals surface area contributed by atoms with E-state index in [9.17, 15) is 9.59 Å². The molecule has 18 heavy (non-hydrogen) atoms. The van der Waals surface area contributed by atoms with Gasteiger partial charge >= 0.3 is 11.9 Å². The van der Waals surface area contributed by atoms with E-state index in [1.165, 1.54) is 20.6 Å². The first-order chi connectivity index (χ1) is 8.62. The fraction of sp³-hybridized carbons (Fsp3) is 0.857. The highest BCUT2D eigenvalue weighted by Gasteiger charge is 2.66. The Labute approximate surface area is 107 Å². The minimum absolute atomic E-state index is 0.133. The first kappa shape index (κ1) is 12.0. The summed E-state index contributed by atoms with van der Waals surface area (Å²) in [5.41, 5.74) is -1.00. The molecule has 0 aromatic carbocycles. The van der Waals surface area contributed by atoms with Gasteiger partial charge in [0.05, 0.1) is 14.2 Å². The Balaban J connectivity index is 2.04. The molecule has 0 amide bonds. The summed E-state index contributed by atoms with van der Waals surface area (Å²) in [5.74, 6) is 0.929. The molecule has 4 saturated carbocycles. The second-order valence-corrected chi connectivity index (χ2v) is 6.16. The summed E-state index contributed by atoms with van der Waals surface area (Å²) in [4.78, 5) is 24.6. The van der Waals surface area contributed by atoms with Crippen molar-refractivity contribution < 1.29 is 19.1 Å². The summed E-state index contributed by atoms with van der Waals surface area (Å²) in [6.07, 6.45) is 5.22. The van der Waals surface area contributed by atoms with Crippen LogP contribution >= 0.6 is 0 Å². The van der Waals surface area contributed by atoms with Gasteiger partial charge in [-0.1, -0.05) is 0 Å². The van der Waals surface area contributed by atoms with E-state index in [0.29, 0.717) is 11.8 Å². The SMILES string of the molecule is COC(=O)C1(C(=O)OC)C2CC3CC(C2)CC1C3. The first-order valence-corrected chi connectivity index (χ1v) is 6.79. The Hall–Kier alpha value is -1.06. The molecule has 4 rings (SSSR count). The number of methoxy groups -OCH3 is 2. The fourth-order valence-electron chi connectivity index (χ4n) is 5.02. The molecule has 0 atom stereocenters. The van der Waals surface area contributed by atoms with E-state index >= 15 is 0 Å². The lowest BCUT2D eigenvalue weighted by atomic mass is 9.45. The average molecular weight is 252 g/mol. The molecular formula is C14H20O4. The lowest BCUT2D eigenvalue weighted by Crippen LogP contribution is -2.61. The number of hydrogen-bond acceptors (Lipinski definition) is 4. The summed E-state index contributed by atoms with van der Waals surface area (Å²) in [6, 6.07) is 0. The molecule has 0 aromatic heterocycles. The Bertz CT molecular complexity index is 341. The van der Waals surface area contributed by atoms with Crippen molar-refractivity contribution in [2.24, 2.45) is 29.1 Å². The van der Waals surface area contributed by atoms with Crippen molar-refractivity contribution in [1.29, 1.82) is 0 Å². The Morgan fingerprint density at radius 3 is 1.56 bits per heavy atom. The topological polar surface area (TPSA) is 52.6 Å². The molecule has 4 aliphatic carbocycles. The van der Waals surface area contributed by atoms with Gasteiger partial charge in [-0.3, -0.25) is 9.59 Å². The predicted molar refractivity (Wildman–Crippen MR) is 63.5 cm³/mol. The van der Waals surface area contributed by atoms with E-state index in [4.69, 9.17) is 9.47 Å². The molecule has 4 heteroatoms. The van der Waals surface area contributed by atoms with Crippen molar-refractivity contribution in [3.05, 3.63) is 0 Å². The zero-order chi connectivity index (χ0) is 12.9. The highest BCUT2D eigenvalue weighted by atomic mass is 16.5. The van der Waals surface area contributed by atoms with Crippen molar-refractivity contribution in [2.75, 3.05) is 14.2 Å². The van der Waals surface area contributed by atoms with E-state index in [-0.39, 0.29) is 23.8 Å². The van der Waals surface area contributed by atoms with Gasteiger partial charge in [-0.25, -0.2) is 0 Å². The maximum Gasteiger partial charge on any atom is 0.323 e. The summed E-state index contributed by atoms with van der Waals surface area (Å²) in [6.45, 7) is 0. The van der Waals surface area contributed by atoms with Crippen molar-refractivity contribution >= 4 is 11.9 Å². The van der Waals surface area contributed by atoms with Gasteiger partial charge in [0.15, 0.2) is 5.41 Å². The highest BCUT2D eigenvalue weighted by molar-refractivity contribution is 6.01. The molecule has 0 spiro atoms. The molecular weight excluding hydrogens is 232 g/mol. The fourth-order valence-corrected chi connectivity index (χ4v) is 5.02. The van der Waals surface area contributed by atoms with Crippen LogP contribution in [0.25, 0.3) is 0 Å².